The van der Waals surface area contributed by atoms with E-state index in [-0.39, 0.29) is 12.5 Å². The average Bonchev–Trinajstić information content (AvgIpc) is 2.26. The van der Waals surface area contributed by atoms with Gasteiger partial charge in [0.15, 0.2) is 6.61 Å². The van der Waals surface area contributed by atoms with E-state index in [0.29, 0.717) is 17.9 Å². The summed E-state index contributed by atoms with van der Waals surface area (Å²) in [5.74, 6) is 0.400. The first-order valence-corrected chi connectivity index (χ1v) is 5.72. The minimum Gasteiger partial charge on any atom is -0.483 e. The van der Waals surface area contributed by atoms with Crippen LogP contribution in [-0.2, 0) is 4.79 Å². The standard InChI is InChI=1S/C13H19NO3/c1-4-14-13(16)8-17-12-7-9(2)5-6-11(12)10(3)15/h5-7,10,15H,4,8H2,1-3H3,(H,14,16)/t10-/m0/s1. The quantitative estimate of drug-likeness (QED) is 0.817. The second-order valence-electron chi connectivity index (χ2n) is 3.96. The monoisotopic (exact) mass is 237 g/mol. The number of amides is 1. The molecule has 0 aliphatic heterocycles. The van der Waals surface area contributed by atoms with Gasteiger partial charge in [-0.1, -0.05) is 12.1 Å². The summed E-state index contributed by atoms with van der Waals surface area (Å²) in [5.41, 5.74) is 1.72. The highest BCUT2D eigenvalue weighted by Crippen LogP contribution is 2.26. The second kappa shape index (κ2) is 6.25. The molecule has 4 heteroatoms. The lowest BCUT2D eigenvalue weighted by Crippen LogP contribution is -2.28. The van der Waals surface area contributed by atoms with Crippen LogP contribution in [0.4, 0.5) is 0 Å². The van der Waals surface area contributed by atoms with E-state index in [0.717, 1.165) is 5.56 Å². The minimum absolute atomic E-state index is 0.0307. The zero-order chi connectivity index (χ0) is 12.8. The van der Waals surface area contributed by atoms with E-state index in [4.69, 9.17) is 4.74 Å². The number of hydrogen-bond acceptors (Lipinski definition) is 3. The summed E-state index contributed by atoms with van der Waals surface area (Å²) >= 11 is 0. The number of nitrogens with one attached hydrogen (secondary N) is 1. The Kier molecular flexibility index (Phi) is 4.97. The average molecular weight is 237 g/mol. The molecule has 0 fully saturated rings. The fraction of sp³-hybridized carbons (Fsp3) is 0.462. The highest BCUT2D eigenvalue weighted by molar-refractivity contribution is 5.77. The molecule has 1 rings (SSSR count). The molecule has 17 heavy (non-hydrogen) atoms. The van der Waals surface area contributed by atoms with Crippen LogP contribution in [-0.4, -0.2) is 24.2 Å². The molecule has 94 valence electrons. The van der Waals surface area contributed by atoms with Gasteiger partial charge >= 0.3 is 0 Å². The van der Waals surface area contributed by atoms with E-state index in [2.05, 4.69) is 5.32 Å². The lowest BCUT2D eigenvalue weighted by Gasteiger charge is -2.13. The van der Waals surface area contributed by atoms with Crippen molar-refractivity contribution in [2.24, 2.45) is 0 Å². The number of carbonyl (C=O) groups is 1. The fourth-order valence-corrected chi connectivity index (χ4v) is 1.50. The Bertz CT molecular complexity index is 388. The van der Waals surface area contributed by atoms with Gasteiger partial charge in [0.05, 0.1) is 6.10 Å². The molecular weight excluding hydrogens is 218 g/mol. The number of hydrogen-bond donors (Lipinski definition) is 2. The highest BCUT2D eigenvalue weighted by atomic mass is 16.5. The zero-order valence-corrected chi connectivity index (χ0v) is 10.5. The van der Waals surface area contributed by atoms with Gasteiger partial charge in [-0.2, -0.15) is 0 Å². The maximum atomic E-state index is 11.3. The second-order valence-corrected chi connectivity index (χ2v) is 3.96. The Balaban J connectivity index is 2.75. The van der Waals surface area contributed by atoms with E-state index in [1.54, 1.807) is 6.92 Å². The van der Waals surface area contributed by atoms with Gasteiger partial charge in [0.1, 0.15) is 5.75 Å². The van der Waals surface area contributed by atoms with Gasteiger partial charge in [-0.25, -0.2) is 0 Å². The van der Waals surface area contributed by atoms with Gasteiger partial charge in [0.25, 0.3) is 5.91 Å². The van der Waals surface area contributed by atoms with Crippen molar-refractivity contribution >= 4 is 5.91 Å². The molecule has 1 amide bonds. The minimum atomic E-state index is -0.611. The third-order valence-corrected chi connectivity index (χ3v) is 2.35. The van der Waals surface area contributed by atoms with E-state index >= 15 is 0 Å². The first-order valence-electron chi connectivity index (χ1n) is 5.72. The van der Waals surface area contributed by atoms with Crippen molar-refractivity contribution < 1.29 is 14.6 Å². The summed E-state index contributed by atoms with van der Waals surface area (Å²) < 4.78 is 5.42. The van der Waals surface area contributed by atoms with Crippen molar-refractivity contribution in [3.05, 3.63) is 29.3 Å². The Morgan fingerprint density at radius 3 is 2.82 bits per heavy atom. The molecule has 0 aliphatic rings. The van der Waals surface area contributed by atoms with E-state index < -0.39 is 6.10 Å². The van der Waals surface area contributed by atoms with Crippen LogP contribution in [0, 0.1) is 6.92 Å². The first kappa shape index (κ1) is 13.5. The summed E-state index contributed by atoms with van der Waals surface area (Å²) in [7, 11) is 0. The molecule has 0 heterocycles. The number of ether oxygens (including phenoxy) is 1. The maximum Gasteiger partial charge on any atom is 0.257 e. The van der Waals surface area contributed by atoms with Crippen LogP contribution in [0.3, 0.4) is 0 Å². The van der Waals surface area contributed by atoms with Crippen LogP contribution in [0.15, 0.2) is 18.2 Å². The van der Waals surface area contributed by atoms with Crippen LogP contribution >= 0.6 is 0 Å². The molecule has 0 aliphatic carbocycles. The van der Waals surface area contributed by atoms with Crippen LogP contribution < -0.4 is 10.1 Å². The zero-order valence-electron chi connectivity index (χ0n) is 10.5. The van der Waals surface area contributed by atoms with E-state index in [1.165, 1.54) is 0 Å². The molecule has 0 aromatic heterocycles. The third-order valence-electron chi connectivity index (χ3n) is 2.35. The van der Waals surface area contributed by atoms with Crippen molar-refractivity contribution in [1.82, 2.24) is 5.32 Å². The highest BCUT2D eigenvalue weighted by Gasteiger charge is 2.10. The molecule has 1 atom stereocenters. The Labute approximate surface area is 102 Å². The summed E-state index contributed by atoms with van der Waals surface area (Å²) in [6, 6.07) is 5.54. The Morgan fingerprint density at radius 2 is 2.24 bits per heavy atom. The Hall–Kier alpha value is -1.55. The molecule has 0 saturated carbocycles. The van der Waals surface area contributed by atoms with E-state index in [9.17, 15) is 9.90 Å². The summed E-state index contributed by atoms with van der Waals surface area (Å²) in [5, 5.41) is 12.2. The molecule has 1 aromatic rings. The lowest BCUT2D eigenvalue weighted by atomic mass is 10.1. The molecule has 0 spiro atoms. The molecule has 0 bridgehead atoms. The molecule has 4 nitrogen and oxygen atoms in total. The number of likely N-dealkylation sites (N-methyl/N-ethyl adjacent to an activating group) is 1. The van der Waals surface area contributed by atoms with Gasteiger partial charge in [0.2, 0.25) is 0 Å². The van der Waals surface area contributed by atoms with Crippen LogP contribution in [0.25, 0.3) is 0 Å². The third kappa shape index (κ3) is 4.07. The smallest absolute Gasteiger partial charge is 0.257 e. The number of aliphatic hydroxyl groups is 1. The van der Waals surface area contributed by atoms with Crippen molar-refractivity contribution in [2.45, 2.75) is 26.9 Å². The number of aliphatic hydroxyl groups excluding tert-OH is 1. The lowest BCUT2D eigenvalue weighted by molar-refractivity contribution is -0.123. The first-order chi connectivity index (χ1) is 8.04. The van der Waals surface area contributed by atoms with E-state index in [1.807, 2.05) is 32.0 Å². The molecule has 0 saturated heterocycles. The predicted molar refractivity (Wildman–Crippen MR) is 66.0 cm³/mol. The molecule has 0 unspecified atom stereocenters. The van der Waals surface area contributed by atoms with Crippen molar-refractivity contribution in [1.29, 1.82) is 0 Å². The largest absolute Gasteiger partial charge is 0.483 e. The number of rotatable bonds is 5. The van der Waals surface area contributed by atoms with Crippen molar-refractivity contribution in [2.75, 3.05) is 13.2 Å². The van der Waals surface area contributed by atoms with Crippen molar-refractivity contribution in [3.63, 3.8) is 0 Å². The topological polar surface area (TPSA) is 58.6 Å². The SMILES string of the molecule is CCNC(=O)COc1cc(C)ccc1[C@H](C)O. The predicted octanol–water partition coefficient (Wildman–Crippen LogP) is 1.56. The van der Waals surface area contributed by atoms with Gasteiger partial charge < -0.3 is 15.2 Å². The van der Waals surface area contributed by atoms with Crippen LogP contribution in [0.1, 0.15) is 31.1 Å². The van der Waals surface area contributed by atoms with Crippen LogP contribution in [0.2, 0.25) is 0 Å². The Morgan fingerprint density at radius 1 is 1.53 bits per heavy atom. The number of aryl methyl sites for hydroxylation is 1. The maximum absolute atomic E-state index is 11.3. The van der Waals surface area contributed by atoms with Crippen molar-refractivity contribution in [3.8, 4) is 5.75 Å². The molecule has 1 aromatic carbocycles. The number of carbonyl (C=O) groups excluding carboxylic acids is 1. The van der Waals surface area contributed by atoms with Gasteiger partial charge in [-0.15, -0.1) is 0 Å². The van der Waals surface area contributed by atoms with Gasteiger partial charge in [-0.3, -0.25) is 4.79 Å². The van der Waals surface area contributed by atoms with Gasteiger partial charge in [-0.05, 0) is 32.4 Å². The molecule has 0 radical (unpaired) electrons. The summed E-state index contributed by atoms with van der Waals surface area (Å²) in [4.78, 5) is 11.3. The van der Waals surface area contributed by atoms with Gasteiger partial charge in [0, 0.05) is 12.1 Å². The normalized spacial score (nSPS) is 12.0. The summed E-state index contributed by atoms with van der Waals surface area (Å²) in [6.45, 7) is 6.01. The molecular formula is C13H19NO3. The fourth-order valence-electron chi connectivity index (χ4n) is 1.50. The number of benzene rings is 1. The van der Waals surface area contributed by atoms with Crippen LogP contribution in [0.5, 0.6) is 5.75 Å². The summed E-state index contributed by atoms with van der Waals surface area (Å²) in [6.07, 6.45) is -0.611. The molecule has 2 N–H and O–H groups in total.